The molecule has 0 saturated heterocycles. The monoisotopic (exact) mass is 229 g/mol. The second-order valence-corrected chi connectivity index (χ2v) is 3.46. The topological polar surface area (TPSA) is 81.2 Å². The van der Waals surface area contributed by atoms with Crippen molar-refractivity contribution in [1.29, 1.82) is 0 Å². The highest BCUT2D eigenvalue weighted by Crippen LogP contribution is 2.11. The summed E-state index contributed by atoms with van der Waals surface area (Å²) >= 11 is 0.954. The number of amides is 1. The number of esters is 1. The number of carbonyl (C=O) groups is 2. The second-order valence-electron chi connectivity index (χ2n) is 2.71. The van der Waals surface area contributed by atoms with E-state index in [1.807, 2.05) is 6.92 Å². The van der Waals surface area contributed by atoms with Gasteiger partial charge in [0.05, 0.1) is 7.11 Å². The molecule has 0 aromatic carbocycles. The number of hydrogen-bond acceptors (Lipinski definition) is 6. The van der Waals surface area contributed by atoms with Gasteiger partial charge in [-0.1, -0.05) is 6.92 Å². The molecule has 6 nitrogen and oxygen atoms in total. The molecule has 1 heterocycles. The average Bonchev–Trinajstić information content (AvgIpc) is 2.65. The molecular formula is C8H11N3O3S. The number of ether oxygens (including phenoxy) is 1. The molecule has 15 heavy (non-hydrogen) atoms. The first-order valence-corrected chi connectivity index (χ1v) is 5.16. The van der Waals surface area contributed by atoms with Gasteiger partial charge in [-0.2, -0.15) is 9.36 Å². The number of rotatable bonds is 4. The van der Waals surface area contributed by atoms with E-state index in [-0.39, 0.29) is 11.7 Å². The Morgan fingerprint density at radius 3 is 2.87 bits per heavy atom. The van der Waals surface area contributed by atoms with Crippen LogP contribution in [0.25, 0.3) is 0 Å². The minimum atomic E-state index is -0.609. The zero-order valence-corrected chi connectivity index (χ0v) is 9.26. The fourth-order valence-electron chi connectivity index (χ4n) is 0.857. The summed E-state index contributed by atoms with van der Waals surface area (Å²) in [6.07, 6.45) is 1.18. The highest BCUT2D eigenvalue weighted by molar-refractivity contribution is 7.10. The third-order valence-corrected chi connectivity index (χ3v) is 2.15. The van der Waals surface area contributed by atoms with Gasteiger partial charge in [-0.15, -0.1) is 0 Å². The molecule has 0 bridgehead atoms. The third-order valence-electron chi connectivity index (χ3n) is 1.52. The molecule has 0 aliphatic heterocycles. The fraction of sp³-hybridized carbons (Fsp3) is 0.500. The summed E-state index contributed by atoms with van der Waals surface area (Å²) in [7, 11) is 1.25. The van der Waals surface area contributed by atoms with Gasteiger partial charge >= 0.3 is 5.97 Å². The Bertz CT molecular complexity index is 364. The summed E-state index contributed by atoms with van der Waals surface area (Å²) in [6, 6.07) is 0. The zero-order chi connectivity index (χ0) is 11.3. The Kier molecular flexibility index (Phi) is 4.17. The molecule has 0 atom stereocenters. The Morgan fingerprint density at radius 2 is 2.27 bits per heavy atom. The first-order chi connectivity index (χ1) is 7.17. The van der Waals surface area contributed by atoms with E-state index in [0.29, 0.717) is 11.6 Å². The normalized spacial score (nSPS) is 9.73. The summed E-state index contributed by atoms with van der Waals surface area (Å²) in [5.41, 5.74) is 0. The maximum absolute atomic E-state index is 11.2. The van der Waals surface area contributed by atoms with Crippen molar-refractivity contribution < 1.29 is 14.3 Å². The minimum Gasteiger partial charge on any atom is -0.463 e. The van der Waals surface area contributed by atoms with Crippen LogP contribution in [0.2, 0.25) is 0 Å². The van der Waals surface area contributed by atoms with Crippen molar-refractivity contribution >= 4 is 28.5 Å². The molecule has 1 aromatic heterocycles. The first kappa shape index (κ1) is 11.6. The summed E-state index contributed by atoms with van der Waals surface area (Å²) < 4.78 is 8.17. The average molecular weight is 229 g/mol. The lowest BCUT2D eigenvalue weighted by molar-refractivity contribution is -0.116. The van der Waals surface area contributed by atoms with E-state index in [1.54, 1.807) is 0 Å². The number of nitrogens with zero attached hydrogens (tertiary/aromatic N) is 2. The number of methoxy groups -OCH3 is 1. The Labute approximate surface area is 90.8 Å². The van der Waals surface area contributed by atoms with Crippen molar-refractivity contribution in [2.75, 3.05) is 12.4 Å². The highest BCUT2D eigenvalue weighted by Gasteiger charge is 2.13. The van der Waals surface area contributed by atoms with Crippen LogP contribution in [0.15, 0.2) is 0 Å². The largest absolute Gasteiger partial charge is 0.463 e. The first-order valence-electron chi connectivity index (χ1n) is 4.39. The molecule has 0 aliphatic rings. The van der Waals surface area contributed by atoms with Crippen LogP contribution < -0.4 is 5.32 Å². The predicted molar refractivity (Wildman–Crippen MR) is 54.8 cm³/mol. The van der Waals surface area contributed by atoms with Gasteiger partial charge in [0, 0.05) is 18.0 Å². The molecule has 7 heteroatoms. The SMILES string of the molecule is CCCC(=O)Nc1nc(C(=O)OC)ns1. The van der Waals surface area contributed by atoms with E-state index in [0.717, 1.165) is 18.0 Å². The molecule has 0 unspecified atom stereocenters. The number of carbonyl (C=O) groups excluding carboxylic acids is 2. The molecule has 0 aliphatic carbocycles. The maximum Gasteiger partial charge on any atom is 0.377 e. The zero-order valence-electron chi connectivity index (χ0n) is 8.44. The standard InChI is InChI=1S/C8H11N3O3S/c1-3-4-5(12)9-8-10-6(11-15-8)7(13)14-2/h3-4H2,1-2H3,(H,9,10,11,12). The Morgan fingerprint density at radius 1 is 1.53 bits per heavy atom. The van der Waals surface area contributed by atoms with Gasteiger partial charge in [-0.3, -0.25) is 4.79 Å². The van der Waals surface area contributed by atoms with Crippen molar-refractivity contribution in [3.05, 3.63) is 5.82 Å². The summed E-state index contributed by atoms with van der Waals surface area (Å²) in [6.45, 7) is 1.90. The molecule has 1 N–H and O–H groups in total. The molecule has 0 fully saturated rings. The lowest BCUT2D eigenvalue weighted by Gasteiger charge is -1.96. The van der Waals surface area contributed by atoms with Gasteiger partial charge in [-0.25, -0.2) is 4.79 Å². The van der Waals surface area contributed by atoms with Crippen molar-refractivity contribution in [2.24, 2.45) is 0 Å². The lowest BCUT2D eigenvalue weighted by atomic mass is 10.3. The van der Waals surface area contributed by atoms with E-state index in [1.165, 1.54) is 7.11 Å². The van der Waals surface area contributed by atoms with Crippen molar-refractivity contribution in [2.45, 2.75) is 19.8 Å². The van der Waals surface area contributed by atoms with E-state index >= 15 is 0 Å². The van der Waals surface area contributed by atoms with Crippen molar-refractivity contribution in [3.8, 4) is 0 Å². The molecule has 0 spiro atoms. The van der Waals surface area contributed by atoms with Gasteiger partial charge in [0.25, 0.3) is 5.82 Å². The lowest BCUT2D eigenvalue weighted by Crippen LogP contribution is -2.11. The van der Waals surface area contributed by atoms with E-state index in [4.69, 9.17) is 0 Å². The van der Waals surface area contributed by atoms with Gasteiger partial charge in [0.1, 0.15) is 0 Å². The number of anilines is 1. The van der Waals surface area contributed by atoms with Crippen molar-refractivity contribution in [1.82, 2.24) is 9.36 Å². The van der Waals surface area contributed by atoms with Crippen LogP contribution in [0.3, 0.4) is 0 Å². The number of aromatic nitrogens is 2. The van der Waals surface area contributed by atoms with E-state index in [9.17, 15) is 9.59 Å². The predicted octanol–water partition coefficient (Wildman–Crippen LogP) is 1.06. The van der Waals surface area contributed by atoms with Crippen LogP contribution in [-0.4, -0.2) is 28.3 Å². The maximum atomic E-state index is 11.2. The number of hydrogen-bond donors (Lipinski definition) is 1. The smallest absolute Gasteiger partial charge is 0.377 e. The van der Waals surface area contributed by atoms with Crippen LogP contribution in [-0.2, 0) is 9.53 Å². The van der Waals surface area contributed by atoms with Crippen LogP contribution in [0.5, 0.6) is 0 Å². The Hall–Kier alpha value is -1.50. The number of nitrogens with one attached hydrogen (secondary N) is 1. The van der Waals surface area contributed by atoms with Crippen LogP contribution in [0.4, 0.5) is 5.13 Å². The molecule has 0 saturated carbocycles. The summed E-state index contributed by atoms with van der Waals surface area (Å²) in [4.78, 5) is 26.0. The van der Waals surface area contributed by atoms with Crippen LogP contribution in [0.1, 0.15) is 30.4 Å². The van der Waals surface area contributed by atoms with Gasteiger partial charge in [0.2, 0.25) is 11.0 Å². The quantitative estimate of drug-likeness (QED) is 0.781. The molecule has 0 radical (unpaired) electrons. The van der Waals surface area contributed by atoms with E-state index in [2.05, 4.69) is 19.4 Å². The molecule has 1 aromatic rings. The molecule has 1 rings (SSSR count). The summed E-state index contributed by atoms with van der Waals surface area (Å²) in [5, 5.41) is 2.85. The van der Waals surface area contributed by atoms with Gasteiger partial charge < -0.3 is 10.1 Å². The highest BCUT2D eigenvalue weighted by atomic mass is 32.1. The van der Waals surface area contributed by atoms with Crippen molar-refractivity contribution in [3.63, 3.8) is 0 Å². The van der Waals surface area contributed by atoms with Crippen LogP contribution in [0, 0.1) is 0 Å². The Balaban J connectivity index is 2.60. The molecule has 82 valence electrons. The van der Waals surface area contributed by atoms with E-state index < -0.39 is 5.97 Å². The fourth-order valence-corrected chi connectivity index (χ4v) is 1.43. The molecular weight excluding hydrogens is 218 g/mol. The summed E-state index contributed by atoms with van der Waals surface area (Å²) in [5.74, 6) is -0.776. The van der Waals surface area contributed by atoms with Gasteiger partial charge in [0.15, 0.2) is 0 Å². The molecule has 1 amide bonds. The third kappa shape index (κ3) is 3.28. The van der Waals surface area contributed by atoms with Gasteiger partial charge in [-0.05, 0) is 6.42 Å². The minimum absolute atomic E-state index is 0.0331. The second kappa shape index (κ2) is 5.40. The van der Waals surface area contributed by atoms with Crippen LogP contribution >= 0.6 is 11.5 Å².